The van der Waals surface area contributed by atoms with Crippen molar-refractivity contribution in [3.05, 3.63) is 48.5 Å². The molecule has 2 aromatic rings. The summed E-state index contributed by atoms with van der Waals surface area (Å²) in [7, 11) is -7.94. The molecule has 0 spiro atoms. The lowest BCUT2D eigenvalue weighted by atomic mass is 10.3. The maximum absolute atomic E-state index is 12.8. The number of nitrogens with one attached hydrogen (secondary N) is 3. The molecule has 0 heterocycles. The standard InChI is InChI=1S/C25H34N8O11S2/c26-11-20(25(39)40)31-23(36)14-32(12-21(34)29-16-1-5-18(6-2-16)45(27,41)42)9-10-33(15-24(37)38)13-22(35)30-17-3-7-19(8-4-17)46(28,43)44/h1-8,20H,9-15,26H2,(H,29,34)(H,30,35)(H,31,36)(H,37,38)(H,39,40)(H2,27,41,42)(H2,28,43,44)/t20-/m0/s1. The van der Waals surface area contributed by atoms with Crippen molar-refractivity contribution in [2.45, 2.75) is 15.8 Å². The molecule has 0 fully saturated rings. The molecule has 21 heteroatoms. The number of rotatable bonds is 18. The zero-order chi connectivity index (χ0) is 34.7. The molecular formula is C25H34N8O11S2. The third kappa shape index (κ3) is 13.2. The molecule has 0 aliphatic carbocycles. The summed E-state index contributed by atoms with van der Waals surface area (Å²) < 4.78 is 45.8. The Kier molecular flexibility index (Phi) is 13.7. The van der Waals surface area contributed by atoms with Crippen LogP contribution in [0.15, 0.2) is 58.3 Å². The highest BCUT2D eigenvalue weighted by molar-refractivity contribution is 7.89. The topological polar surface area (TPSA) is 315 Å². The average molecular weight is 687 g/mol. The number of sulfonamides is 2. The summed E-state index contributed by atoms with van der Waals surface area (Å²) in [6.07, 6.45) is 0. The monoisotopic (exact) mass is 686 g/mol. The quantitative estimate of drug-likeness (QED) is 0.0765. The van der Waals surface area contributed by atoms with E-state index in [1.54, 1.807) is 0 Å². The van der Waals surface area contributed by atoms with Crippen molar-refractivity contribution >= 4 is 61.1 Å². The Hall–Kier alpha value is -4.51. The second kappa shape index (κ2) is 16.7. The van der Waals surface area contributed by atoms with Crippen molar-refractivity contribution < 1.29 is 51.0 Å². The Morgan fingerprint density at radius 3 is 1.35 bits per heavy atom. The number of hydrogen-bond donors (Lipinski definition) is 8. The highest BCUT2D eigenvalue weighted by atomic mass is 32.2. The number of amides is 3. The zero-order valence-electron chi connectivity index (χ0n) is 24.2. The van der Waals surface area contributed by atoms with Gasteiger partial charge in [0.15, 0.2) is 0 Å². The summed E-state index contributed by atoms with van der Waals surface area (Å²) in [4.78, 5) is 62.9. The van der Waals surface area contributed by atoms with Crippen molar-refractivity contribution in [2.24, 2.45) is 16.0 Å². The summed E-state index contributed by atoms with van der Waals surface area (Å²) in [6, 6.07) is 8.39. The predicted octanol–water partition coefficient (Wildman–Crippen LogP) is -3.22. The summed E-state index contributed by atoms with van der Waals surface area (Å²) in [5, 5.41) is 35.9. The van der Waals surface area contributed by atoms with E-state index in [2.05, 4.69) is 16.0 Å². The van der Waals surface area contributed by atoms with Crippen molar-refractivity contribution in [2.75, 3.05) is 56.4 Å². The molecule has 0 saturated heterocycles. The Bertz CT molecular complexity index is 1630. The van der Waals surface area contributed by atoms with Crippen LogP contribution in [0.2, 0.25) is 0 Å². The van der Waals surface area contributed by atoms with E-state index in [1.165, 1.54) is 46.2 Å². The number of nitrogens with zero attached hydrogens (tertiary/aromatic N) is 2. The maximum Gasteiger partial charge on any atom is 0.327 e. The van der Waals surface area contributed by atoms with Crippen LogP contribution >= 0.6 is 0 Å². The van der Waals surface area contributed by atoms with Gasteiger partial charge < -0.3 is 31.9 Å². The second-order valence-corrected chi connectivity index (χ2v) is 12.9. The largest absolute Gasteiger partial charge is 0.480 e. The molecule has 0 saturated carbocycles. The number of carbonyl (C=O) groups is 5. The molecule has 0 aromatic heterocycles. The minimum atomic E-state index is -3.97. The normalized spacial score (nSPS) is 12.4. The summed E-state index contributed by atoms with van der Waals surface area (Å²) in [6.45, 7) is -2.79. The van der Waals surface area contributed by atoms with Crippen LogP contribution in [-0.4, -0.2) is 118 Å². The van der Waals surface area contributed by atoms with Crippen LogP contribution in [0.1, 0.15) is 0 Å². The fourth-order valence-corrected chi connectivity index (χ4v) is 4.86. The Morgan fingerprint density at radius 2 is 1.02 bits per heavy atom. The van der Waals surface area contributed by atoms with Crippen LogP contribution in [0, 0.1) is 0 Å². The van der Waals surface area contributed by atoms with E-state index < -0.39 is 88.5 Å². The van der Waals surface area contributed by atoms with Crippen LogP contribution < -0.4 is 32.0 Å². The summed E-state index contributed by atoms with van der Waals surface area (Å²) in [5.41, 5.74) is 5.77. The predicted molar refractivity (Wildman–Crippen MR) is 162 cm³/mol. The number of carbonyl (C=O) groups excluding carboxylic acids is 3. The molecule has 2 aromatic carbocycles. The van der Waals surface area contributed by atoms with Gasteiger partial charge in [0.05, 0.1) is 36.0 Å². The van der Waals surface area contributed by atoms with Crippen LogP contribution in [0.25, 0.3) is 0 Å². The lowest BCUT2D eigenvalue weighted by Crippen LogP contribution is -2.51. The number of hydrogen-bond acceptors (Lipinski definition) is 12. The van der Waals surface area contributed by atoms with Crippen LogP contribution in [-0.2, 0) is 44.0 Å². The van der Waals surface area contributed by atoms with Crippen LogP contribution in [0.5, 0.6) is 0 Å². The van der Waals surface area contributed by atoms with E-state index >= 15 is 0 Å². The first kappa shape index (κ1) is 37.7. The van der Waals surface area contributed by atoms with E-state index in [0.717, 1.165) is 12.1 Å². The Labute approximate surface area is 263 Å². The molecule has 0 aliphatic heterocycles. The van der Waals surface area contributed by atoms with Gasteiger partial charge in [0.1, 0.15) is 6.04 Å². The van der Waals surface area contributed by atoms with Crippen molar-refractivity contribution in [1.82, 2.24) is 15.1 Å². The number of anilines is 2. The molecule has 3 amide bonds. The minimum absolute atomic E-state index is 0.158. The number of nitrogens with two attached hydrogens (primary N) is 3. The number of benzene rings is 2. The minimum Gasteiger partial charge on any atom is -0.480 e. The van der Waals surface area contributed by atoms with Gasteiger partial charge in [-0.2, -0.15) is 0 Å². The van der Waals surface area contributed by atoms with Gasteiger partial charge in [0.25, 0.3) is 0 Å². The highest BCUT2D eigenvalue weighted by Crippen LogP contribution is 2.14. The average Bonchev–Trinajstić information content (AvgIpc) is 2.93. The van der Waals surface area contributed by atoms with Gasteiger partial charge in [0, 0.05) is 31.0 Å². The number of carboxylic acid groups (broad SMARTS) is 2. The first-order chi connectivity index (χ1) is 21.4. The molecule has 252 valence electrons. The third-order valence-corrected chi connectivity index (χ3v) is 7.85. The molecule has 0 aliphatic rings. The first-order valence-electron chi connectivity index (χ1n) is 13.1. The fraction of sp³-hybridized carbons (Fsp3) is 0.320. The highest BCUT2D eigenvalue weighted by Gasteiger charge is 2.23. The lowest BCUT2D eigenvalue weighted by molar-refractivity contribution is -0.141. The van der Waals surface area contributed by atoms with Crippen LogP contribution in [0.3, 0.4) is 0 Å². The molecule has 0 unspecified atom stereocenters. The Morgan fingerprint density at radius 1 is 0.652 bits per heavy atom. The summed E-state index contributed by atoms with van der Waals surface area (Å²) in [5.74, 6) is -4.82. The second-order valence-electron chi connectivity index (χ2n) is 9.74. The smallest absolute Gasteiger partial charge is 0.327 e. The van der Waals surface area contributed by atoms with Gasteiger partial charge >= 0.3 is 11.9 Å². The lowest BCUT2D eigenvalue weighted by Gasteiger charge is -2.26. The fourth-order valence-electron chi connectivity index (χ4n) is 3.83. The van der Waals surface area contributed by atoms with Gasteiger partial charge in [-0.25, -0.2) is 31.9 Å². The molecule has 2 rings (SSSR count). The van der Waals surface area contributed by atoms with Crippen molar-refractivity contribution in [3.63, 3.8) is 0 Å². The van der Waals surface area contributed by atoms with E-state index in [4.69, 9.17) is 16.0 Å². The Balaban J connectivity index is 2.14. The molecule has 11 N–H and O–H groups in total. The number of aliphatic carboxylic acids is 2. The van der Waals surface area contributed by atoms with E-state index in [1.807, 2.05) is 0 Å². The summed E-state index contributed by atoms with van der Waals surface area (Å²) >= 11 is 0. The molecule has 46 heavy (non-hydrogen) atoms. The van der Waals surface area contributed by atoms with Crippen molar-refractivity contribution in [1.29, 1.82) is 0 Å². The van der Waals surface area contributed by atoms with E-state index in [0.29, 0.717) is 0 Å². The number of carboxylic acids is 2. The zero-order valence-corrected chi connectivity index (χ0v) is 25.8. The number of primary sulfonamides is 2. The van der Waals surface area contributed by atoms with Gasteiger partial charge in [-0.1, -0.05) is 0 Å². The van der Waals surface area contributed by atoms with E-state index in [9.17, 15) is 51.0 Å². The molecule has 19 nitrogen and oxygen atoms in total. The van der Waals surface area contributed by atoms with Gasteiger partial charge in [0.2, 0.25) is 37.8 Å². The molecule has 0 bridgehead atoms. The van der Waals surface area contributed by atoms with Gasteiger partial charge in [-0.3, -0.25) is 29.0 Å². The SMILES string of the molecule is NC[C@H](NC(=O)CN(CCN(CC(=O)O)CC(=O)Nc1ccc(S(N)(=O)=O)cc1)CC(=O)Nc1ccc(S(N)(=O)=O)cc1)C(=O)O. The molecule has 1 atom stereocenters. The third-order valence-electron chi connectivity index (χ3n) is 6.00. The van der Waals surface area contributed by atoms with E-state index in [-0.39, 0.29) is 34.3 Å². The van der Waals surface area contributed by atoms with Crippen LogP contribution in [0.4, 0.5) is 11.4 Å². The maximum atomic E-state index is 12.8. The van der Waals surface area contributed by atoms with Gasteiger partial charge in [-0.15, -0.1) is 0 Å². The molecular weight excluding hydrogens is 652 g/mol. The molecule has 0 radical (unpaired) electrons. The van der Waals surface area contributed by atoms with Gasteiger partial charge in [-0.05, 0) is 48.5 Å². The first-order valence-corrected chi connectivity index (χ1v) is 16.2. The van der Waals surface area contributed by atoms with Crippen molar-refractivity contribution in [3.8, 4) is 0 Å².